The fourth-order valence-electron chi connectivity index (χ4n) is 7.96. The average Bonchev–Trinajstić information content (AvgIpc) is 2.99. The Labute approximate surface area is 164 Å². The topological polar surface area (TPSA) is 50.1 Å². The molecule has 4 aliphatic carbocycles. The van der Waals surface area contributed by atoms with Gasteiger partial charge in [-0.3, -0.25) is 0 Å². The predicted octanol–water partition coefficient (Wildman–Crippen LogP) is 5.80. The third kappa shape index (κ3) is 2.78. The second-order valence-electron chi connectivity index (χ2n) is 10.1. The summed E-state index contributed by atoms with van der Waals surface area (Å²) in [6, 6.07) is 2.22. The molecule has 3 heteroatoms. The molecular formula is C24H35NO2. The Bertz CT molecular complexity index is 689. The van der Waals surface area contributed by atoms with Gasteiger partial charge in [0.25, 0.3) is 0 Å². The van der Waals surface area contributed by atoms with Crippen molar-refractivity contribution in [2.45, 2.75) is 85.0 Å². The van der Waals surface area contributed by atoms with Gasteiger partial charge in [-0.15, -0.1) is 0 Å². The van der Waals surface area contributed by atoms with Crippen molar-refractivity contribution in [3.05, 3.63) is 11.1 Å². The molecule has 0 N–H and O–H groups in total. The highest BCUT2D eigenvalue weighted by atomic mass is 16.5. The minimum atomic E-state index is -0.401. The van der Waals surface area contributed by atoms with E-state index in [0.717, 1.165) is 42.6 Å². The Morgan fingerprint density at radius 2 is 1.93 bits per heavy atom. The maximum atomic E-state index is 12.4. The second kappa shape index (κ2) is 6.94. The van der Waals surface area contributed by atoms with Gasteiger partial charge in [0.2, 0.25) is 0 Å². The van der Waals surface area contributed by atoms with Crippen LogP contribution >= 0.6 is 0 Å². The Kier molecular flexibility index (Phi) is 4.90. The zero-order valence-corrected chi connectivity index (χ0v) is 17.4. The minimum Gasteiger partial charge on any atom is -0.462 e. The van der Waals surface area contributed by atoms with Crippen LogP contribution in [0.25, 0.3) is 0 Å². The molecule has 0 aromatic heterocycles. The lowest BCUT2D eigenvalue weighted by atomic mass is 9.45. The van der Waals surface area contributed by atoms with E-state index in [9.17, 15) is 10.1 Å². The van der Waals surface area contributed by atoms with E-state index in [1.807, 2.05) is 6.92 Å². The first-order chi connectivity index (χ1) is 13.0. The Balaban J connectivity index is 1.65. The molecule has 3 nitrogen and oxygen atoms in total. The molecule has 0 bridgehead atoms. The van der Waals surface area contributed by atoms with Crippen molar-refractivity contribution in [1.82, 2.24) is 0 Å². The van der Waals surface area contributed by atoms with Crippen LogP contribution in [0.3, 0.4) is 0 Å². The van der Waals surface area contributed by atoms with Crippen LogP contribution in [0.1, 0.15) is 85.0 Å². The number of hydrogen-bond acceptors (Lipinski definition) is 3. The van der Waals surface area contributed by atoms with Gasteiger partial charge >= 0.3 is 5.97 Å². The van der Waals surface area contributed by atoms with Crippen LogP contribution < -0.4 is 0 Å². The maximum Gasteiger partial charge on any atom is 0.348 e. The van der Waals surface area contributed by atoms with Crippen LogP contribution in [0.5, 0.6) is 0 Å². The van der Waals surface area contributed by atoms with Crippen LogP contribution in [-0.2, 0) is 9.53 Å². The molecule has 0 radical (unpaired) electrons. The molecule has 0 aromatic carbocycles. The lowest BCUT2D eigenvalue weighted by Crippen LogP contribution is -2.52. The molecule has 6 atom stereocenters. The molecule has 4 rings (SSSR count). The second-order valence-corrected chi connectivity index (χ2v) is 10.1. The number of esters is 1. The highest BCUT2D eigenvalue weighted by Crippen LogP contribution is 2.67. The van der Waals surface area contributed by atoms with Crippen LogP contribution in [0.2, 0.25) is 0 Å². The summed E-state index contributed by atoms with van der Waals surface area (Å²) in [6.45, 7) is 7.09. The Hall–Kier alpha value is -1.30. The molecule has 4 unspecified atom stereocenters. The van der Waals surface area contributed by atoms with Gasteiger partial charge in [-0.05, 0) is 98.4 Å². The largest absolute Gasteiger partial charge is 0.462 e. The molecule has 4 fully saturated rings. The number of rotatable bonds is 2. The van der Waals surface area contributed by atoms with E-state index >= 15 is 0 Å². The average molecular weight is 370 g/mol. The van der Waals surface area contributed by atoms with E-state index in [0.29, 0.717) is 23.5 Å². The van der Waals surface area contributed by atoms with Crippen molar-refractivity contribution in [2.75, 3.05) is 6.61 Å². The first-order valence-electron chi connectivity index (χ1n) is 11.3. The lowest BCUT2D eigenvalue weighted by molar-refractivity contribution is -0.138. The molecule has 0 amide bonds. The van der Waals surface area contributed by atoms with Gasteiger partial charge < -0.3 is 4.74 Å². The molecule has 0 heterocycles. The van der Waals surface area contributed by atoms with Crippen LogP contribution in [-0.4, -0.2) is 12.6 Å². The number of hydrogen-bond donors (Lipinski definition) is 0. The standard InChI is InChI=1S/C24H35NO2/c1-4-27-22(26)18(15-25)20-11-10-19-17-9-8-16-7-5-6-13-23(16,2)21(17)12-14-24(19,20)3/h16-17,19,21H,4-14H2,1-3H3/t16?,17?,19?,21?,23-,24-/m0/s1. The number of allylic oxidation sites excluding steroid dienone is 1. The predicted molar refractivity (Wildman–Crippen MR) is 106 cm³/mol. The summed E-state index contributed by atoms with van der Waals surface area (Å²) in [5.74, 6) is 2.80. The zero-order valence-electron chi connectivity index (χ0n) is 17.4. The molecule has 0 aliphatic heterocycles. The zero-order chi connectivity index (χ0) is 19.2. The first-order valence-corrected chi connectivity index (χ1v) is 11.3. The van der Waals surface area contributed by atoms with E-state index in [4.69, 9.17) is 4.74 Å². The summed E-state index contributed by atoms with van der Waals surface area (Å²) in [5, 5.41) is 9.71. The molecular weight excluding hydrogens is 334 g/mol. The fourth-order valence-corrected chi connectivity index (χ4v) is 7.96. The lowest BCUT2D eigenvalue weighted by Gasteiger charge is -2.60. The van der Waals surface area contributed by atoms with Gasteiger partial charge in [0.1, 0.15) is 11.6 Å². The van der Waals surface area contributed by atoms with E-state index in [2.05, 4.69) is 19.9 Å². The van der Waals surface area contributed by atoms with Crippen LogP contribution in [0.4, 0.5) is 0 Å². The van der Waals surface area contributed by atoms with E-state index in [1.165, 1.54) is 44.9 Å². The van der Waals surface area contributed by atoms with Crippen LogP contribution in [0, 0.1) is 45.8 Å². The molecule has 0 saturated heterocycles. The summed E-state index contributed by atoms with van der Waals surface area (Å²) in [6.07, 6.45) is 12.9. The molecule has 148 valence electrons. The van der Waals surface area contributed by atoms with Gasteiger partial charge in [0.15, 0.2) is 0 Å². The SMILES string of the molecule is CCOC(=O)C(C#N)=C1CCC2C3CCC4CCCC[C@]4(C)C3CC[C@]12C. The van der Waals surface area contributed by atoms with Crippen LogP contribution in [0.15, 0.2) is 11.1 Å². The quantitative estimate of drug-likeness (QED) is 0.351. The normalized spacial score (nSPS) is 45.1. The monoisotopic (exact) mass is 369 g/mol. The van der Waals surface area contributed by atoms with E-state index in [-0.39, 0.29) is 5.41 Å². The van der Waals surface area contributed by atoms with Crippen molar-refractivity contribution >= 4 is 5.97 Å². The third-order valence-electron chi connectivity index (χ3n) is 9.26. The fraction of sp³-hybridized carbons (Fsp3) is 0.833. The van der Waals surface area contributed by atoms with E-state index < -0.39 is 5.97 Å². The van der Waals surface area contributed by atoms with Crippen molar-refractivity contribution < 1.29 is 9.53 Å². The van der Waals surface area contributed by atoms with Crippen molar-refractivity contribution in [3.8, 4) is 6.07 Å². The third-order valence-corrected chi connectivity index (χ3v) is 9.26. The van der Waals surface area contributed by atoms with Crippen molar-refractivity contribution in [1.29, 1.82) is 5.26 Å². The summed E-state index contributed by atoms with van der Waals surface area (Å²) < 4.78 is 5.21. The van der Waals surface area contributed by atoms with Gasteiger partial charge in [-0.2, -0.15) is 5.26 Å². The summed E-state index contributed by atoms with van der Waals surface area (Å²) in [5.41, 5.74) is 1.99. The minimum absolute atomic E-state index is 0.0247. The molecule has 0 spiro atoms. The number of carbonyl (C=O) groups excluding carboxylic acids is 1. The summed E-state index contributed by atoms with van der Waals surface area (Å²) >= 11 is 0. The molecule has 4 saturated carbocycles. The number of carbonyl (C=O) groups is 1. The highest BCUT2D eigenvalue weighted by Gasteiger charge is 2.59. The molecule has 27 heavy (non-hydrogen) atoms. The van der Waals surface area contributed by atoms with Gasteiger partial charge in [0.05, 0.1) is 6.61 Å². The first kappa shape index (κ1) is 19.0. The summed E-state index contributed by atoms with van der Waals surface area (Å²) in [7, 11) is 0. The number of fused-ring (bicyclic) bond motifs is 5. The van der Waals surface area contributed by atoms with Gasteiger partial charge in [-0.25, -0.2) is 4.79 Å². The molecule has 4 aliphatic rings. The maximum absolute atomic E-state index is 12.4. The smallest absolute Gasteiger partial charge is 0.348 e. The Morgan fingerprint density at radius 1 is 1.11 bits per heavy atom. The van der Waals surface area contributed by atoms with Gasteiger partial charge in [-0.1, -0.05) is 26.7 Å². The van der Waals surface area contributed by atoms with Crippen molar-refractivity contribution in [3.63, 3.8) is 0 Å². The summed E-state index contributed by atoms with van der Waals surface area (Å²) in [4.78, 5) is 12.4. The number of ether oxygens (including phenoxy) is 1. The number of nitrogens with zero attached hydrogens (tertiary/aromatic N) is 1. The Morgan fingerprint density at radius 3 is 2.67 bits per heavy atom. The van der Waals surface area contributed by atoms with Crippen molar-refractivity contribution in [2.24, 2.45) is 34.5 Å². The molecule has 0 aromatic rings. The van der Waals surface area contributed by atoms with E-state index in [1.54, 1.807) is 0 Å². The highest BCUT2D eigenvalue weighted by molar-refractivity contribution is 5.94. The number of nitriles is 1. The van der Waals surface area contributed by atoms with Gasteiger partial charge in [0, 0.05) is 0 Å².